The highest BCUT2D eigenvalue weighted by atomic mass is 15.0. The van der Waals surface area contributed by atoms with E-state index in [0.717, 1.165) is 18.5 Å². The van der Waals surface area contributed by atoms with Crippen LogP contribution in [0.5, 0.6) is 0 Å². The van der Waals surface area contributed by atoms with Crippen molar-refractivity contribution in [2.24, 2.45) is 10.9 Å². The first-order valence-electron chi connectivity index (χ1n) is 9.61. The molecule has 1 aromatic rings. The smallest absolute Gasteiger partial charge is 0.112 e. The fraction of sp³-hybridized carbons (Fsp3) is 0.240. The summed E-state index contributed by atoms with van der Waals surface area (Å²) in [4.78, 5) is 5.16. The van der Waals surface area contributed by atoms with Crippen molar-refractivity contribution in [3.05, 3.63) is 101 Å². The lowest BCUT2D eigenvalue weighted by Gasteiger charge is -2.47. The van der Waals surface area contributed by atoms with Gasteiger partial charge in [-0.3, -0.25) is 4.99 Å². The molecule has 2 aliphatic carbocycles. The molecule has 2 heteroatoms. The summed E-state index contributed by atoms with van der Waals surface area (Å²) in [7, 11) is 0. The Morgan fingerprint density at radius 3 is 2.81 bits per heavy atom. The summed E-state index contributed by atoms with van der Waals surface area (Å²) in [5.74, 6) is 0.407. The number of hydrogen-bond donors (Lipinski definition) is 1. The molecule has 3 aliphatic rings. The minimum Gasteiger partial charge on any atom is -0.359 e. The summed E-state index contributed by atoms with van der Waals surface area (Å²) in [6, 6.07) is 10.3. The molecule has 0 fully saturated rings. The zero-order valence-electron chi connectivity index (χ0n) is 16.1. The maximum absolute atomic E-state index is 5.16. The highest BCUT2D eigenvalue weighted by Gasteiger charge is 2.47. The van der Waals surface area contributed by atoms with Crippen LogP contribution >= 0.6 is 0 Å². The van der Waals surface area contributed by atoms with Crippen LogP contribution in [-0.2, 0) is 0 Å². The standard InChI is InChI=1S/C25H26N2/c1-4-22-21-15-18(2)17-25(22,23-13-12-19(3)27-24(23)16-21)26-14-8-11-20-9-6-5-7-10-20/h4-15,21,27H,3,16-17H2,1-2H3/b11-8+,22-4+,26-14?. The van der Waals surface area contributed by atoms with Gasteiger partial charge < -0.3 is 5.32 Å². The van der Waals surface area contributed by atoms with Gasteiger partial charge in [-0.2, -0.15) is 0 Å². The van der Waals surface area contributed by atoms with E-state index >= 15 is 0 Å². The number of benzene rings is 1. The van der Waals surface area contributed by atoms with Crippen LogP contribution in [0.2, 0.25) is 0 Å². The van der Waals surface area contributed by atoms with Gasteiger partial charge in [0.1, 0.15) is 5.54 Å². The molecule has 0 saturated carbocycles. The van der Waals surface area contributed by atoms with Crippen LogP contribution < -0.4 is 5.32 Å². The minimum atomic E-state index is -0.308. The second kappa shape index (κ2) is 7.03. The van der Waals surface area contributed by atoms with E-state index < -0.39 is 0 Å². The fourth-order valence-corrected chi connectivity index (χ4v) is 4.61. The van der Waals surface area contributed by atoms with E-state index in [1.165, 1.54) is 28.0 Å². The first kappa shape index (κ1) is 17.5. The number of hydrogen-bond acceptors (Lipinski definition) is 2. The van der Waals surface area contributed by atoms with Gasteiger partial charge in [0.05, 0.1) is 0 Å². The Hall–Kier alpha value is -2.87. The normalized spacial score (nSPS) is 28.7. The molecule has 0 saturated heterocycles. The molecular formula is C25H26N2. The zero-order valence-corrected chi connectivity index (χ0v) is 16.1. The summed E-state index contributed by atoms with van der Waals surface area (Å²) in [5, 5.41) is 3.50. The van der Waals surface area contributed by atoms with Gasteiger partial charge in [0.2, 0.25) is 0 Å². The molecule has 0 radical (unpaired) electrons. The van der Waals surface area contributed by atoms with Crippen molar-refractivity contribution in [2.45, 2.75) is 32.2 Å². The van der Waals surface area contributed by atoms with Crippen molar-refractivity contribution < 1.29 is 0 Å². The molecule has 0 amide bonds. The number of dihydropyridines is 1. The van der Waals surface area contributed by atoms with Gasteiger partial charge in [0, 0.05) is 35.5 Å². The average molecular weight is 354 g/mol. The number of aliphatic imine (C=N–C) groups is 1. The summed E-state index contributed by atoms with van der Waals surface area (Å²) in [5.41, 5.74) is 7.22. The highest BCUT2D eigenvalue weighted by Crippen LogP contribution is 2.51. The molecule has 2 nitrogen and oxygen atoms in total. The highest BCUT2D eigenvalue weighted by molar-refractivity contribution is 5.80. The molecule has 1 N–H and O–H groups in total. The van der Waals surface area contributed by atoms with Crippen LogP contribution in [0, 0.1) is 5.92 Å². The molecule has 136 valence electrons. The quantitative estimate of drug-likeness (QED) is 0.542. The third-order valence-corrected chi connectivity index (χ3v) is 5.64. The third kappa shape index (κ3) is 3.16. The number of rotatable bonds is 3. The Bertz CT molecular complexity index is 938. The molecule has 1 heterocycles. The molecule has 27 heavy (non-hydrogen) atoms. The Morgan fingerprint density at radius 2 is 2.04 bits per heavy atom. The number of nitrogens with zero attached hydrogens (tertiary/aromatic N) is 1. The van der Waals surface area contributed by atoms with Gasteiger partial charge >= 0.3 is 0 Å². The van der Waals surface area contributed by atoms with Gasteiger partial charge in [0.15, 0.2) is 0 Å². The predicted molar refractivity (Wildman–Crippen MR) is 115 cm³/mol. The first-order valence-corrected chi connectivity index (χ1v) is 9.61. The van der Waals surface area contributed by atoms with Crippen LogP contribution in [0.1, 0.15) is 32.3 Å². The Morgan fingerprint density at radius 1 is 1.22 bits per heavy atom. The van der Waals surface area contributed by atoms with Gasteiger partial charge in [-0.1, -0.05) is 66.8 Å². The predicted octanol–water partition coefficient (Wildman–Crippen LogP) is 5.75. The van der Waals surface area contributed by atoms with E-state index in [1.807, 2.05) is 18.4 Å². The Kier molecular flexibility index (Phi) is 4.57. The lowest BCUT2D eigenvalue weighted by Crippen LogP contribution is -2.44. The van der Waals surface area contributed by atoms with E-state index in [1.54, 1.807) is 0 Å². The fourth-order valence-electron chi connectivity index (χ4n) is 4.61. The minimum absolute atomic E-state index is 0.308. The van der Waals surface area contributed by atoms with E-state index in [9.17, 15) is 0 Å². The topological polar surface area (TPSA) is 24.4 Å². The number of allylic oxidation sites excluding steroid dienone is 5. The summed E-state index contributed by atoms with van der Waals surface area (Å²) >= 11 is 0. The second-order valence-corrected chi connectivity index (χ2v) is 7.53. The van der Waals surface area contributed by atoms with Crippen molar-refractivity contribution in [1.29, 1.82) is 0 Å². The van der Waals surface area contributed by atoms with E-state index in [2.05, 4.69) is 80.4 Å². The van der Waals surface area contributed by atoms with Gasteiger partial charge in [-0.25, -0.2) is 0 Å². The average Bonchev–Trinajstić information content (AvgIpc) is 2.65. The maximum Gasteiger partial charge on any atom is 0.112 e. The lowest BCUT2D eigenvalue weighted by atomic mass is 9.62. The maximum atomic E-state index is 5.16. The molecule has 1 aromatic carbocycles. The molecule has 0 aromatic heterocycles. The largest absolute Gasteiger partial charge is 0.359 e. The van der Waals surface area contributed by atoms with Crippen LogP contribution in [0.15, 0.2) is 100 Å². The van der Waals surface area contributed by atoms with Crippen LogP contribution in [0.25, 0.3) is 6.08 Å². The second-order valence-electron chi connectivity index (χ2n) is 7.53. The number of fused-ring (bicyclic) bond motifs is 3. The van der Waals surface area contributed by atoms with Crippen molar-refractivity contribution in [1.82, 2.24) is 5.32 Å². The molecule has 4 rings (SSSR count). The van der Waals surface area contributed by atoms with E-state index in [0.29, 0.717) is 5.92 Å². The SMILES string of the molecule is C=C1C=CC2=C(CC3C=C(C)CC2(N=C/C=C/c2ccccc2)/C3=C/C)N1. The molecule has 1 aliphatic heterocycles. The Balaban J connectivity index is 1.75. The molecule has 2 unspecified atom stereocenters. The van der Waals surface area contributed by atoms with Crippen LogP contribution in [0.3, 0.4) is 0 Å². The molecule has 2 atom stereocenters. The van der Waals surface area contributed by atoms with Crippen LogP contribution in [0.4, 0.5) is 0 Å². The number of nitrogens with one attached hydrogen (secondary N) is 1. The van der Waals surface area contributed by atoms with Crippen molar-refractivity contribution in [3.8, 4) is 0 Å². The first-order chi connectivity index (χ1) is 13.1. The van der Waals surface area contributed by atoms with Gasteiger partial charge in [-0.05, 0) is 43.6 Å². The zero-order chi connectivity index (χ0) is 18.9. The van der Waals surface area contributed by atoms with Gasteiger partial charge in [0.25, 0.3) is 0 Å². The third-order valence-electron chi connectivity index (χ3n) is 5.64. The molecule has 2 bridgehead atoms. The van der Waals surface area contributed by atoms with E-state index in [-0.39, 0.29) is 5.54 Å². The van der Waals surface area contributed by atoms with Crippen molar-refractivity contribution >= 4 is 12.3 Å². The van der Waals surface area contributed by atoms with Crippen LogP contribution in [-0.4, -0.2) is 11.8 Å². The lowest BCUT2D eigenvalue weighted by molar-refractivity contribution is 0.453. The van der Waals surface area contributed by atoms with Crippen molar-refractivity contribution in [3.63, 3.8) is 0 Å². The Labute approximate surface area is 162 Å². The molecular weight excluding hydrogens is 328 g/mol. The molecule has 0 spiro atoms. The summed E-state index contributed by atoms with van der Waals surface area (Å²) in [6.07, 6.45) is 17.0. The summed E-state index contributed by atoms with van der Waals surface area (Å²) in [6.45, 7) is 8.45. The monoisotopic (exact) mass is 354 g/mol. The summed E-state index contributed by atoms with van der Waals surface area (Å²) < 4.78 is 0. The van der Waals surface area contributed by atoms with Crippen molar-refractivity contribution in [2.75, 3.05) is 0 Å². The van der Waals surface area contributed by atoms with E-state index in [4.69, 9.17) is 4.99 Å². The van der Waals surface area contributed by atoms with Gasteiger partial charge in [-0.15, -0.1) is 0 Å².